The molecule has 1 unspecified atom stereocenters. The third kappa shape index (κ3) is 3.47. The number of hydrogen-bond donors (Lipinski definition) is 2. The van der Waals surface area contributed by atoms with E-state index in [0.717, 1.165) is 32.5 Å². The molecule has 0 radical (unpaired) electrons. The Balaban J connectivity index is 1.57. The van der Waals surface area contributed by atoms with E-state index in [1.807, 2.05) is 0 Å². The second-order valence-corrected chi connectivity index (χ2v) is 4.45. The average Bonchev–Trinajstić information content (AvgIpc) is 2.22. The van der Waals surface area contributed by atoms with Crippen LogP contribution in [0, 0.1) is 0 Å². The molecular formula is C11H20N2O2. The fraction of sp³-hybridized carbons (Fsp3) is 0.909. The molecule has 0 aromatic heterocycles. The van der Waals surface area contributed by atoms with Crippen molar-refractivity contribution < 1.29 is 9.53 Å². The van der Waals surface area contributed by atoms with Gasteiger partial charge in [0.15, 0.2) is 0 Å². The summed E-state index contributed by atoms with van der Waals surface area (Å²) in [6, 6.07) is 0.366. The number of carbonyl (C=O) groups excluding carboxylic acids is 1. The summed E-state index contributed by atoms with van der Waals surface area (Å²) in [4.78, 5) is 11.5. The number of nitrogens with one attached hydrogen (secondary N) is 2. The van der Waals surface area contributed by atoms with Crippen molar-refractivity contribution in [3.63, 3.8) is 0 Å². The predicted molar refractivity (Wildman–Crippen MR) is 57.6 cm³/mol. The first-order chi connectivity index (χ1) is 7.34. The number of rotatable bonds is 4. The molecule has 2 rings (SSSR count). The van der Waals surface area contributed by atoms with Crippen LogP contribution >= 0.6 is 0 Å². The summed E-state index contributed by atoms with van der Waals surface area (Å²) >= 11 is 0. The Labute approximate surface area is 90.8 Å². The lowest BCUT2D eigenvalue weighted by Gasteiger charge is -2.28. The first-order valence-electron chi connectivity index (χ1n) is 5.96. The zero-order valence-corrected chi connectivity index (χ0v) is 9.13. The highest BCUT2D eigenvalue weighted by molar-refractivity contribution is 5.76. The fourth-order valence-corrected chi connectivity index (χ4v) is 2.02. The van der Waals surface area contributed by atoms with E-state index in [1.54, 1.807) is 0 Å². The summed E-state index contributed by atoms with van der Waals surface area (Å²) in [6.07, 6.45) is 5.37. The van der Waals surface area contributed by atoms with Crippen LogP contribution in [0.3, 0.4) is 0 Å². The lowest BCUT2D eigenvalue weighted by atomic mass is 10.0. The highest BCUT2D eigenvalue weighted by atomic mass is 16.5. The van der Waals surface area contributed by atoms with Crippen LogP contribution in [0.4, 0.5) is 0 Å². The molecule has 0 aromatic carbocycles. The second kappa shape index (κ2) is 5.47. The summed E-state index contributed by atoms with van der Waals surface area (Å²) in [5.41, 5.74) is 0. The van der Waals surface area contributed by atoms with Crippen molar-refractivity contribution in [1.82, 2.24) is 10.6 Å². The Morgan fingerprint density at radius 2 is 2.27 bits per heavy atom. The molecule has 2 fully saturated rings. The molecule has 2 N–H and O–H groups in total. The van der Waals surface area contributed by atoms with Crippen LogP contribution in [0.2, 0.25) is 0 Å². The zero-order chi connectivity index (χ0) is 10.5. The van der Waals surface area contributed by atoms with Gasteiger partial charge >= 0.3 is 0 Å². The Morgan fingerprint density at radius 3 is 2.87 bits per heavy atom. The lowest BCUT2D eigenvalue weighted by molar-refractivity contribution is -0.123. The largest absolute Gasteiger partial charge is 0.378 e. The van der Waals surface area contributed by atoms with Crippen molar-refractivity contribution in [3.8, 4) is 0 Å². The third-order valence-corrected chi connectivity index (χ3v) is 3.11. The van der Waals surface area contributed by atoms with Crippen molar-refractivity contribution in [3.05, 3.63) is 0 Å². The van der Waals surface area contributed by atoms with Gasteiger partial charge < -0.3 is 15.4 Å². The molecule has 2 aliphatic rings. The maximum Gasteiger partial charge on any atom is 0.220 e. The quantitative estimate of drug-likeness (QED) is 0.710. The van der Waals surface area contributed by atoms with Gasteiger partial charge in [0.05, 0.1) is 12.1 Å². The second-order valence-electron chi connectivity index (χ2n) is 4.45. The summed E-state index contributed by atoms with van der Waals surface area (Å²) in [6.45, 7) is 2.72. The minimum Gasteiger partial charge on any atom is -0.378 e. The maximum atomic E-state index is 11.5. The van der Waals surface area contributed by atoms with Crippen LogP contribution < -0.4 is 10.6 Å². The summed E-state index contributed by atoms with van der Waals surface area (Å²) < 4.78 is 5.58. The standard InChI is InChI=1S/C11H20N2O2/c14-11(13-9-7-12-8-9)5-4-10-3-1-2-6-15-10/h9-10,12H,1-8H2,(H,13,14). The van der Waals surface area contributed by atoms with Gasteiger partial charge in [-0.3, -0.25) is 4.79 Å². The molecule has 1 amide bonds. The van der Waals surface area contributed by atoms with Gasteiger partial charge in [-0.25, -0.2) is 0 Å². The van der Waals surface area contributed by atoms with E-state index in [4.69, 9.17) is 4.74 Å². The predicted octanol–water partition coefficient (Wildman–Crippen LogP) is 0.424. The Kier molecular flexibility index (Phi) is 3.97. The number of amides is 1. The molecule has 0 saturated carbocycles. The van der Waals surface area contributed by atoms with E-state index < -0.39 is 0 Å². The van der Waals surface area contributed by atoms with Crippen LogP contribution in [0.15, 0.2) is 0 Å². The van der Waals surface area contributed by atoms with Crippen LogP contribution in [-0.4, -0.2) is 37.7 Å². The van der Waals surface area contributed by atoms with E-state index in [2.05, 4.69) is 10.6 Å². The van der Waals surface area contributed by atoms with Crippen molar-refractivity contribution in [2.75, 3.05) is 19.7 Å². The molecule has 0 aromatic rings. The van der Waals surface area contributed by atoms with Gasteiger partial charge in [-0.1, -0.05) is 0 Å². The molecule has 2 heterocycles. The Hall–Kier alpha value is -0.610. The highest BCUT2D eigenvalue weighted by Crippen LogP contribution is 2.16. The zero-order valence-electron chi connectivity index (χ0n) is 9.13. The van der Waals surface area contributed by atoms with Gasteiger partial charge in [-0.2, -0.15) is 0 Å². The Morgan fingerprint density at radius 1 is 1.40 bits per heavy atom. The first-order valence-corrected chi connectivity index (χ1v) is 5.96. The van der Waals surface area contributed by atoms with Crippen LogP contribution in [0.25, 0.3) is 0 Å². The molecule has 86 valence electrons. The van der Waals surface area contributed by atoms with E-state index in [1.165, 1.54) is 12.8 Å². The van der Waals surface area contributed by atoms with E-state index in [9.17, 15) is 4.79 Å². The number of ether oxygens (including phenoxy) is 1. The van der Waals surface area contributed by atoms with Gasteiger partial charge in [0.25, 0.3) is 0 Å². The average molecular weight is 212 g/mol. The van der Waals surface area contributed by atoms with Gasteiger partial charge in [-0.15, -0.1) is 0 Å². The summed E-state index contributed by atoms with van der Waals surface area (Å²) in [5, 5.41) is 6.13. The van der Waals surface area contributed by atoms with E-state index in [0.29, 0.717) is 18.6 Å². The normalized spacial score (nSPS) is 27.1. The minimum absolute atomic E-state index is 0.177. The lowest BCUT2D eigenvalue weighted by Crippen LogP contribution is -2.56. The van der Waals surface area contributed by atoms with Crippen LogP contribution in [0.5, 0.6) is 0 Å². The smallest absolute Gasteiger partial charge is 0.220 e. The SMILES string of the molecule is O=C(CCC1CCCCO1)NC1CNC1. The monoisotopic (exact) mass is 212 g/mol. The summed E-state index contributed by atoms with van der Waals surface area (Å²) in [5.74, 6) is 0.177. The van der Waals surface area contributed by atoms with Crippen molar-refractivity contribution in [1.29, 1.82) is 0 Å². The molecule has 0 bridgehead atoms. The van der Waals surface area contributed by atoms with Gasteiger partial charge in [-0.05, 0) is 25.7 Å². The van der Waals surface area contributed by atoms with Gasteiger partial charge in [0.1, 0.15) is 0 Å². The van der Waals surface area contributed by atoms with Crippen molar-refractivity contribution in [2.45, 2.75) is 44.2 Å². The third-order valence-electron chi connectivity index (χ3n) is 3.11. The fourth-order valence-electron chi connectivity index (χ4n) is 2.02. The van der Waals surface area contributed by atoms with Crippen molar-refractivity contribution in [2.24, 2.45) is 0 Å². The highest BCUT2D eigenvalue weighted by Gasteiger charge is 2.20. The molecule has 0 aliphatic carbocycles. The molecule has 4 nitrogen and oxygen atoms in total. The van der Waals surface area contributed by atoms with Crippen LogP contribution in [0.1, 0.15) is 32.1 Å². The van der Waals surface area contributed by atoms with E-state index >= 15 is 0 Å². The van der Waals surface area contributed by atoms with Gasteiger partial charge in [0, 0.05) is 26.1 Å². The summed E-state index contributed by atoms with van der Waals surface area (Å²) in [7, 11) is 0. The van der Waals surface area contributed by atoms with Gasteiger partial charge in [0.2, 0.25) is 5.91 Å². The Bertz CT molecular complexity index is 211. The molecular weight excluding hydrogens is 192 g/mol. The first kappa shape index (κ1) is 10.9. The minimum atomic E-state index is 0.177. The molecule has 1 atom stereocenters. The van der Waals surface area contributed by atoms with E-state index in [-0.39, 0.29) is 5.91 Å². The van der Waals surface area contributed by atoms with Crippen LogP contribution in [-0.2, 0) is 9.53 Å². The topological polar surface area (TPSA) is 50.4 Å². The number of carbonyl (C=O) groups is 1. The molecule has 15 heavy (non-hydrogen) atoms. The molecule has 2 aliphatic heterocycles. The molecule has 0 spiro atoms. The number of hydrogen-bond acceptors (Lipinski definition) is 3. The van der Waals surface area contributed by atoms with Crippen molar-refractivity contribution >= 4 is 5.91 Å². The molecule has 2 saturated heterocycles. The molecule has 4 heteroatoms. The maximum absolute atomic E-state index is 11.5.